The fourth-order valence-corrected chi connectivity index (χ4v) is 2.53. The second-order valence-electron chi connectivity index (χ2n) is 7.03. The maximum atomic E-state index is 6.05. The van der Waals surface area contributed by atoms with Crippen molar-refractivity contribution < 1.29 is 4.74 Å². The summed E-state index contributed by atoms with van der Waals surface area (Å²) in [6, 6.07) is 0. The van der Waals surface area contributed by atoms with Crippen LogP contribution in [-0.2, 0) is 4.74 Å². The summed E-state index contributed by atoms with van der Waals surface area (Å²) in [4.78, 5) is 2.60. The zero-order chi connectivity index (χ0) is 14.8. The van der Waals surface area contributed by atoms with Gasteiger partial charge in [-0.15, -0.1) is 0 Å². The Labute approximate surface area is 126 Å². The highest BCUT2D eigenvalue weighted by molar-refractivity contribution is 4.69. The first-order chi connectivity index (χ1) is 9.58. The first kappa shape index (κ1) is 17.9. The van der Waals surface area contributed by atoms with E-state index in [-0.39, 0.29) is 0 Å². The molecule has 0 unspecified atom stereocenters. The average molecular weight is 284 g/mol. The van der Waals surface area contributed by atoms with Gasteiger partial charge in [0, 0.05) is 6.54 Å². The van der Waals surface area contributed by atoms with E-state index < -0.39 is 0 Å². The van der Waals surface area contributed by atoms with Crippen LogP contribution < -0.4 is 5.32 Å². The molecule has 120 valence electrons. The average Bonchev–Trinajstić information content (AvgIpc) is 2.42. The summed E-state index contributed by atoms with van der Waals surface area (Å²) >= 11 is 0. The van der Waals surface area contributed by atoms with Crippen molar-refractivity contribution in [3.05, 3.63) is 0 Å². The molecule has 0 spiro atoms. The zero-order valence-corrected chi connectivity index (χ0v) is 14.2. The Morgan fingerprint density at radius 1 is 0.950 bits per heavy atom. The molecule has 1 aliphatic rings. The van der Waals surface area contributed by atoms with Gasteiger partial charge in [0.1, 0.15) is 0 Å². The summed E-state index contributed by atoms with van der Waals surface area (Å²) in [5, 5.41) is 3.39. The molecule has 0 saturated carbocycles. The third-order valence-corrected chi connectivity index (χ3v) is 4.09. The van der Waals surface area contributed by atoms with Crippen LogP contribution in [0.1, 0.15) is 53.4 Å². The highest BCUT2D eigenvalue weighted by Gasteiger charge is 2.14. The molecule has 0 atom stereocenters. The number of hydrogen-bond acceptors (Lipinski definition) is 3. The van der Waals surface area contributed by atoms with Gasteiger partial charge in [-0.3, -0.25) is 0 Å². The van der Waals surface area contributed by atoms with E-state index in [1.807, 2.05) is 0 Å². The Bertz CT molecular complexity index is 213. The first-order valence-electron chi connectivity index (χ1n) is 8.62. The minimum Gasteiger partial charge on any atom is -0.377 e. The molecule has 1 saturated heterocycles. The Morgan fingerprint density at radius 3 is 2.00 bits per heavy atom. The summed E-state index contributed by atoms with van der Waals surface area (Å²) in [5.41, 5.74) is 0. The summed E-state index contributed by atoms with van der Waals surface area (Å²) in [5.74, 6) is 1.59. The molecular formula is C17H36N2O. The van der Waals surface area contributed by atoms with Gasteiger partial charge in [-0.2, -0.15) is 0 Å². The van der Waals surface area contributed by atoms with Crippen LogP contribution >= 0.6 is 0 Å². The second-order valence-corrected chi connectivity index (χ2v) is 7.03. The van der Waals surface area contributed by atoms with Crippen LogP contribution in [0.3, 0.4) is 0 Å². The lowest BCUT2D eigenvalue weighted by Crippen LogP contribution is -2.35. The van der Waals surface area contributed by atoms with Crippen molar-refractivity contribution in [2.75, 3.05) is 39.3 Å². The van der Waals surface area contributed by atoms with Gasteiger partial charge in [0.05, 0.1) is 12.7 Å². The Balaban J connectivity index is 2.19. The molecule has 0 aromatic rings. The molecule has 1 fully saturated rings. The third kappa shape index (κ3) is 8.93. The number of ether oxygens (including phenoxy) is 1. The van der Waals surface area contributed by atoms with E-state index in [4.69, 9.17) is 4.74 Å². The van der Waals surface area contributed by atoms with Gasteiger partial charge in [0.2, 0.25) is 0 Å². The van der Waals surface area contributed by atoms with Crippen LogP contribution in [-0.4, -0.2) is 50.3 Å². The van der Waals surface area contributed by atoms with E-state index in [9.17, 15) is 0 Å². The highest BCUT2D eigenvalue weighted by Crippen LogP contribution is 2.09. The van der Waals surface area contributed by atoms with E-state index in [1.54, 1.807) is 0 Å². The van der Waals surface area contributed by atoms with Crippen molar-refractivity contribution in [3.63, 3.8) is 0 Å². The first-order valence-corrected chi connectivity index (χ1v) is 8.62. The normalized spacial score (nSPS) is 17.6. The van der Waals surface area contributed by atoms with Crippen molar-refractivity contribution in [2.45, 2.75) is 59.5 Å². The van der Waals surface area contributed by atoms with E-state index in [1.165, 1.54) is 38.8 Å². The fourth-order valence-electron chi connectivity index (χ4n) is 2.53. The largest absolute Gasteiger partial charge is 0.377 e. The smallest absolute Gasteiger partial charge is 0.0600 e. The second kappa shape index (κ2) is 10.6. The summed E-state index contributed by atoms with van der Waals surface area (Å²) in [6.45, 7) is 15.9. The quantitative estimate of drug-likeness (QED) is 0.667. The molecule has 0 radical (unpaired) electrons. The lowest BCUT2D eigenvalue weighted by molar-refractivity contribution is 0.0191. The molecule has 0 bridgehead atoms. The monoisotopic (exact) mass is 284 g/mol. The Hall–Kier alpha value is -0.120. The van der Waals surface area contributed by atoms with E-state index in [0.717, 1.165) is 38.1 Å². The topological polar surface area (TPSA) is 24.5 Å². The molecule has 0 aliphatic carbocycles. The highest BCUT2D eigenvalue weighted by atomic mass is 16.5. The molecule has 3 heteroatoms. The molecule has 0 aromatic heterocycles. The van der Waals surface area contributed by atoms with Crippen molar-refractivity contribution in [1.82, 2.24) is 10.2 Å². The Morgan fingerprint density at radius 2 is 1.50 bits per heavy atom. The standard InChI is InChI=1S/C17H36N2O/c1-15(2)7-11-19(12-8-16(3)4)13-14-20-17-5-9-18-10-6-17/h15-18H,5-14H2,1-4H3. The summed E-state index contributed by atoms with van der Waals surface area (Å²) in [6.07, 6.45) is 5.45. The third-order valence-electron chi connectivity index (χ3n) is 4.09. The zero-order valence-electron chi connectivity index (χ0n) is 14.2. The maximum absolute atomic E-state index is 6.05. The predicted molar refractivity (Wildman–Crippen MR) is 87.2 cm³/mol. The van der Waals surface area contributed by atoms with Crippen molar-refractivity contribution in [3.8, 4) is 0 Å². The molecule has 3 nitrogen and oxygen atoms in total. The molecule has 1 rings (SSSR count). The van der Waals surface area contributed by atoms with Crippen LogP contribution in [0.2, 0.25) is 0 Å². The lowest BCUT2D eigenvalue weighted by Gasteiger charge is -2.27. The van der Waals surface area contributed by atoms with Gasteiger partial charge < -0.3 is 15.0 Å². The van der Waals surface area contributed by atoms with Crippen LogP contribution in [0.4, 0.5) is 0 Å². The van der Waals surface area contributed by atoms with Gasteiger partial charge >= 0.3 is 0 Å². The molecule has 0 amide bonds. The molecule has 1 aliphatic heterocycles. The van der Waals surface area contributed by atoms with Gasteiger partial charge in [0.15, 0.2) is 0 Å². The minimum absolute atomic E-state index is 0.494. The van der Waals surface area contributed by atoms with Gasteiger partial charge in [-0.1, -0.05) is 27.7 Å². The number of nitrogens with zero attached hydrogens (tertiary/aromatic N) is 1. The van der Waals surface area contributed by atoms with Crippen LogP contribution in [0.5, 0.6) is 0 Å². The van der Waals surface area contributed by atoms with Crippen LogP contribution in [0.25, 0.3) is 0 Å². The predicted octanol–water partition coefficient (Wildman–Crippen LogP) is 3.15. The van der Waals surface area contributed by atoms with Gasteiger partial charge in [0.25, 0.3) is 0 Å². The van der Waals surface area contributed by atoms with Crippen molar-refractivity contribution in [1.29, 1.82) is 0 Å². The molecular weight excluding hydrogens is 248 g/mol. The fraction of sp³-hybridized carbons (Fsp3) is 1.00. The van der Waals surface area contributed by atoms with Crippen LogP contribution in [0.15, 0.2) is 0 Å². The van der Waals surface area contributed by atoms with Crippen molar-refractivity contribution in [2.24, 2.45) is 11.8 Å². The summed E-state index contributed by atoms with van der Waals surface area (Å²) in [7, 11) is 0. The number of nitrogens with one attached hydrogen (secondary N) is 1. The number of piperidine rings is 1. The molecule has 20 heavy (non-hydrogen) atoms. The van der Waals surface area contributed by atoms with E-state index in [2.05, 4.69) is 37.9 Å². The van der Waals surface area contributed by atoms with Crippen molar-refractivity contribution >= 4 is 0 Å². The van der Waals surface area contributed by atoms with E-state index >= 15 is 0 Å². The number of rotatable bonds is 10. The molecule has 0 aromatic carbocycles. The van der Waals surface area contributed by atoms with Gasteiger partial charge in [-0.05, 0) is 63.7 Å². The minimum atomic E-state index is 0.494. The maximum Gasteiger partial charge on any atom is 0.0600 e. The molecule has 1 heterocycles. The Kier molecular flexibility index (Phi) is 9.49. The summed E-state index contributed by atoms with van der Waals surface area (Å²) < 4.78 is 6.05. The van der Waals surface area contributed by atoms with Crippen LogP contribution in [0, 0.1) is 11.8 Å². The molecule has 1 N–H and O–H groups in total. The van der Waals surface area contributed by atoms with E-state index in [0.29, 0.717) is 6.10 Å². The van der Waals surface area contributed by atoms with Gasteiger partial charge in [-0.25, -0.2) is 0 Å². The lowest BCUT2D eigenvalue weighted by atomic mass is 10.1. The number of hydrogen-bond donors (Lipinski definition) is 1. The SMILES string of the molecule is CC(C)CCN(CCOC1CCNCC1)CCC(C)C.